The van der Waals surface area contributed by atoms with Crippen LogP contribution < -0.4 is 0 Å². The molecule has 0 aliphatic rings. The summed E-state index contributed by atoms with van der Waals surface area (Å²) in [5, 5.41) is 11.9. The molecule has 0 N–H and O–H groups in total. The maximum Gasteiger partial charge on any atom is 0.179 e. The molecule has 0 fully saturated rings. The van der Waals surface area contributed by atoms with Gasteiger partial charge in [-0.05, 0) is 36.8 Å². The summed E-state index contributed by atoms with van der Waals surface area (Å²) >= 11 is 0. The van der Waals surface area contributed by atoms with Crippen LogP contribution in [0.5, 0.6) is 5.75 Å². The Morgan fingerprint density at radius 1 is 1.25 bits per heavy atom. The van der Waals surface area contributed by atoms with Crippen LogP contribution in [0.15, 0.2) is 30.5 Å². The Morgan fingerprint density at radius 3 is 2.92 bits per heavy atom. The van der Waals surface area contributed by atoms with Gasteiger partial charge in [0.05, 0.1) is 5.52 Å². The van der Waals surface area contributed by atoms with Crippen molar-refractivity contribution in [1.29, 1.82) is 0 Å². The highest BCUT2D eigenvalue weighted by molar-refractivity contribution is 5.80. The molecule has 0 saturated heterocycles. The number of hydrogen-bond acceptors (Lipinski definition) is 1. The van der Waals surface area contributed by atoms with Gasteiger partial charge in [0.25, 0.3) is 0 Å². The van der Waals surface area contributed by atoms with Crippen LogP contribution in [0.1, 0.15) is 5.56 Å². The van der Waals surface area contributed by atoms with E-state index in [1.165, 1.54) is 6.07 Å². The zero-order valence-electron chi connectivity index (χ0n) is 6.74. The van der Waals surface area contributed by atoms with Gasteiger partial charge in [0.1, 0.15) is 0 Å². The minimum atomic E-state index is 0.0369. The van der Waals surface area contributed by atoms with Gasteiger partial charge >= 0.3 is 0 Å². The van der Waals surface area contributed by atoms with E-state index in [0.29, 0.717) is 0 Å². The topological polar surface area (TPSA) is 32.8 Å². The van der Waals surface area contributed by atoms with Crippen molar-refractivity contribution >= 4 is 10.9 Å². The van der Waals surface area contributed by atoms with Crippen molar-refractivity contribution in [2.45, 2.75) is 6.92 Å². The minimum Gasteiger partial charge on any atom is -0.290 e. The maximum atomic E-state index is 11.0. The van der Waals surface area contributed by atoms with Crippen LogP contribution in [0.2, 0.25) is 0 Å². The van der Waals surface area contributed by atoms with Crippen molar-refractivity contribution in [2.75, 3.05) is 0 Å². The fourth-order valence-corrected chi connectivity index (χ4v) is 1.22. The van der Waals surface area contributed by atoms with Crippen molar-refractivity contribution in [2.24, 2.45) is 0 Å². The van der Waals surface area contributed by atoms with Crippen molar-refractivity contribution in [1.82, 2.24) is 4.98 Å². The monoisotopic (exact) mass is 158 g/mol. The highest BCUT2D eigenvalue weighted by atomic mass is 16.3. The summed E-state index contributed by atoms with van der Waals surface area (Å²) in [6.07, 6.45) is 1.80. The quantitative estimate of drug-likeness (QED) is 0.580. The van der Waals surface area contributed by atoms with Gasteiger partial charge in [-0.2, -0.15) is 0 Å². The van der Waals surface area contributed by atoms with Gasteiger partial charge < -0.3 is 0 Å². The van der Waals surface area contributed by atoms with Crippen molar-refractivity contribution in [3.63, 3.8) is 0 Å². The molecule has 0 amide bonds. The van der Waals surface area contributed by atoms with Crippen LogP contribution >= 0.6 is 0 Å². The fraction of sp³-hybridized carbons (Fsp3) is 0.100. The van der Waals surface area contributed by atoms with Gasteiger partial charge in [-0.3, -0.25) is 10.1 Å². The van der Waals surface area contributed by atoms with E-state index >= 15 is 0 Å². The molecule has 0 spiro atoms. The average molecular weight is 158 g/mol. The summed E-state index contributed by atoms with van der Waals surface area (Å²) in [4.78, 5) is 4.18. The Hall–Kier alpha value is -1.57. The molecule has 1 heterocycles. The molecule has 2 aromatic rings. The molecule has 1 aromatic carbocycles. The molecule has 2 rings (SSSR count). The SMILES string of the molecule is Cc1cnc2ccc([O])cc2c1. The Kier molecular flexibility index (Phi) is 1.47. The van der Waals surface area contributed by atoms with Gasteiger partial charge in [-0.1, -0.05) is 0 Å². The van der Waals surface area contributed by atoms with E-state index in [9.17, 15) is 5.11 Å². The highest BCUT2D eigenvalue weighted by Gasteiger charge is 1.96. The minimum absolute atomic E-state index is 0.0369. The number of nitrogens with zero attached hydrogens (tertiary/aromatic N) is 1. The predicted molar refractivity (Wildman–Crippen MR) is 46.6 cm³/mol. The summed E-state index contributed by atoms with van der Waals surface area (Å²) in [5.74, 6) is 0.0369. The number of pyridine rings is 1. The molecule has 0 aliphatic carbocycles. The second-order valence-corrected chi connectivity index (χ2v) is 2.87. The molecular formula is C10H8NO. The number of benzene rings is 1. The number of rotatable bonds is 0. The molecule has 0 saturated carbocycles. The van der Waals surface area contributed by atoms with Crippen LogP contribution in [0.25, 0.3) is 10.9 Å². The van der Waals surface area contributed by atoms with Crippen molar-refractivity contribution < 1.29 is 5.11 Å². The number of hydrogen-bond donors (Lipinski definition) is 0. The molecule has 0 atom stereocenters. The lowest BCUT2D eigenvalue weighted by Crippen LogP contribution is -1.79. The lowest BCUT2D eigenvalue weighted by molar-refractivity contribution is 0.355. The molecule has 59 valence electrons. The predicted octanol–water partition coefficient (Wildman–Crippen LogP) is 2.69. The van der Waals surface area contributed by atoms with E-state index in [-0.39, 0.29) is 5.75 Å². The summed E-state index contributed by atoms with van der Waals surface area (Å²) in [6, 6.07) is 6.85. The van der Waals surface area contributed by atoms with E-state index in [1.807, 2.05) is 13.0 Å². The molecule has 0 aliphatic heterocycles. The Bertz CT molecular complexity index is 386. The van der Waals surface area contributed by atoms with Crippen LogP contribution in [0.4, 0.5) is 0 Å². The Balaban J connectivity index is 2.80. The molecule has 0 unspecified atom stereocenters. The number of aryl methyl sites for hydroxylation is 1. The van der Waals surface area contributed by atoms with Gasteiger partial charge in [0.15, 0.2) is 5.75 Å². The molecule has 2 nitrogen and oxygen atoms in total. The van der Waals surface area contributed by atoms with E-state index in [2.05, 4.69) is 4.98 Å². The van der Waals surface area contributed by atoms with E-state index in [0.717, 1.165) is 16.5 Å². The van der Waals surface area contributed by atoms with E-state index < -0.39 is 0 Å². The average Bonchev–Trinajstić information content (AvgIpc) is 2.03. The first-order valence-electron chi connectivity index (χ1n) is 3.79. The number of fused-ring (bicyclic) bond motifs is 1. The van der Waals surface area contributed by atoms with Crippen molar-refractivity contribution in [3.8, 4) is 5.75 Å². The highest BCUT2D eigenvalue weighted by Crippen LogP contribution is 2.18. The van der Waals surface area contributed by atoms with Crippen LogP contribution in [0, 0.1) is 6.92 Å². The molecule has 1 radical (unpaired) electrons. The molecule has 2 heteroatoms. The standard InChI is InChI=1S/C10H8NO/c1-7-4-8-5-9(12)2-3-10(8)11-6-7/h2-6H,1H3. The summed E-state index contributed by atoms with van der Waals surface area (Å²) in [7, 11) is 0. The second kappa shape index (κ2) is 2.48. The first-order chi connectivity index (χ1) is 5.75. The van der Waals surface area contributed by atoms with Gasteiger partial charge in [0, 0.05) is 11.6 Å². The van der Waals surface area contributed by atoms with Gasteiger partial charge in [-0.25, -0.2) is 0 Å². The van der Waals surface area contributed by atoms with E-state index in [1.54, 1.807) is 18.3 Å². The van der Waals surface area contributed by atoms with Gasteiger partial charge in [0.2, 0.25) is 0 Å². The first-order valence-corrected chi connectivity index (χ1v) is 3.79. The Morgan fingerprint density at radius 2 is 2.08 bits per heavy atom. The van der Waals surface area contributed by atoms with Crippen LogP contribution in [-0.2, 0) is 5.11 Å². The smallest absolute Gasteiger partial charge is 0.179 e. The molecule has 0 bridgehead atoms. The van der Waals surface area contributed by atoms with Crippen LogP contribution in [-0.4, -0.2) is 4.98 Å². The molecule has 1 aromatic heterocycles. The lowest BCUT2D eigenvalue weighted by atomic mass is 10.2. The normalized spacial score (nSPS) is 10.4. The Labute approximate surface area is 70.5 Å². The summed E-state index contributed by atoms with van der Waals surface area (Å²) in [6.45, 7) is 1.96. The van der Waals surface area contributed by atoms with Crippen molar-refractivity contribution in [3.05, 3.63) is 36.0 Å². The first kappa shape index (κ1) is 7.10. The third-order valence-electron chi connectivity index (χ3n) is 1.79. The molecular weight excluding hydrogens is 150 g/mol. The van der Waals surface area contributed by atoms with E-state index in [4.69, 9.17) is 0 Å². The zero-order chi connectivity index (χ0) is 8.55. The summed E-state index contributed by atoms with van der Waals surface area (Å²) < 4.78 is 0. The third kappa shape index (κ3) is 1.11. The lowest BCUT2D eigenvalue weighted by Gasteiger charge is -1.97. The van der Waals surface area contributed by atoms with Crippen LogP contribution in [0.3, 0.4) is 0 Å². The number of aromatic nitrogens is 1. The van der Waals surface area contributed by atoms with Gasteiger partial charge in [-0.15, -0.1) is 0 Å². The second-order valence-electron chi connectivity index (χ2n) is 2.87. The fourth-order valence-electron chi connectivity index (χ4n) is 1.22. The third-order valence-corrected chi connectivity index (χ3v) is 1.79. The largest absolute Gasteiger partial charge is 0.290 e. The molecule has 12 heavy (non-hydrogen) atoms. The maximum absolute atomic E-state index is 11.0. The zero-order valence-corrected chi connectivity index (χ0v) is 6.74. The summed E-state index contributed by atoms with van der Waals surface area (Å²) in [5.41, 5.74) is 1.95.